The van der Waals surface area contributed by atoms with Crippen LogP contribution in [0.25, 0.3) is 0 Å². The van der Waals surface area contributed by atoms with Gasteiger partial charge >= 0.3 is 0 Å². The second kappa shape index (κ2) is 6.19. The Bertz CT molecular complexity index is 637. The van der Waals surface area contributed by atoms with E-state index >= 15 is 0 Å². The van der Waals surface area contributed by atoms with E-state index in [-0.39, 0.29) is 17.8 Å². The smallest absolute Gasteiger partial charge is 0.187 e. The van der Waals surface area contributed by atoms with Crippen LogP contribution in [0.2, 0.25) is 19.1 Å². The number of hydrogen-bond donors (Lipinski definition) is 0. The molecule has 1 aliphatic rings. The van der Waals surface area contributed by atoms with E-state index in [1.807, 2.05) is 48.5 Å². The van der Waals surface area contributed by atoms with Gasteiger partial charge in [0.05, 0.1) is 12.0 Å². The van der Waals surface area contributed by atoms with Crippen LogP contribution in [0.5, 0.6) is 0 Å². The van der Waals surface area contributed by atoms with Crippen LogP contribution in [0.3, 0.4) is 0 Å². The minimum atomic E-state index is -1.68. The standard InChI is InChI=1S/C19H22O2Si/c1-22(2)14-13-17(18(20)15-9-5-3-6-10-15)19(21-22)16-11-7-4-8-12-16/h3-12,17,19H,13-14H2,1-2H3. The van der Waals surface area contributed by atoms with Gasteiger partial charge in [0, 0.05) is 5.56 Å². The molecule has 1 heterocycles. The highest BCUT2D eigenvalue weighted by molar-refractivity contribution is 6.71. The highest BCUT2D eigenvalue weighted by Crippen LogP contribution is 2.41. The van der Waals surface area contributed by atoms with E-state index in [9.17, 15) is 4.79 Å². The van der Waals surface area contributed by atoms with Crippen LogP contribution in [0.4, 0.5) is 0 Å². The van der Waals surface area contributed by atoms with E-state index < -0.39 is 8.32 Å². The summed E-state index contributed by atoms with van der Waals surface area (Å²) in [5, 5.41) is 0. The van der Waals surface area contributed by atoms with Crippen LogP contribution in [-0.2, 0) is 4.43 Å². The van der Waals surface area contributed by atoms with Gasteiger partial charge in [0.25, 0.3) is 0 Å². The third-order valence-electron chi connectivity index (χ3n) is 4.39. The minimum absolute atomic E-state index is 0.0784. The van der Waals surface area contributed by atoms with Crippen molar-refractivity contribution >= 4 is 14.1 Å². The van der Waals surface area contributed by atoms with Gasteiger partial charge in [-0.1, -0.05) is 60.7 Å². The van der Waals surface area contributed by atoms with Crippen LogP contribution in [-0.4, -0.2) is 14.1 Å². The second-order valence-corrected chi connectivity index (χ2v) is 10.8. The fourth-order valence-electron chi connectivity index (χ4n) is 3.17. The summed E-state index contributed by atoms with van der Waals surface area (Å²) in [6.45, 7) is 4.48. The molecule has 1 aliphatic heterocycles. The molecule has 2 aromatic rings. The third kappa shape index (κ3) is 3.21. The second-order valence-electron chi connectivity index (χ2n) is 6.58. The van der Waals surface area contributed by atoms with Gasteiger partial charge in [-0.25, -0.2) is 0 Å². The lowest BCUT2D eigenvalue weighted by Gasteiger charge is -2.40. The molecule has 0 spiro atoms. The predicted octanol–water partition coefficient (Wildman–Crippen LogP) is 4.85. The molecule has 2 atom stereocenters. The first-order valence-corrected chi connectivity index (χ1v) is 11.0. The van der Waals surface area contributed by atoms with Crippen molar-refractivity contribution in [2.75, 3.05) is 0 Å². The molecule has 2 aromatic carbocycles. The molecule has 114 valence electrons. The molecule has 3 heteroatoms. The normalized spacial score (nSPS) is 23.9. The van der Waals surface area contributed by atoms with Crippen LogP contribution in [0.15, 0.2) is 60.7 Å². The Labute approximate surface area is 133 Å². The number of carbonyl (C=O) groups excluding carboxylic acids is 1. The molecule has 0 aliphatic carbocycles. The van der Waals surface area contributed by atoms with Gasteiger partial charge in [0.1, 0.15) is 0 Å². The number of Topliss-reactive ketones (excluding diaryl/α,β-unsaturated/α-hetero) is 1. The molecule has 0 saturated carbocycles. The monoisotopic (exact) mass is 310 g/mol. The fourth-order valence-corrected chi connectivity index (χ4v) is 5.28. The van der Waals surface area contributed by atoms with Crippen molar-refractivity contribution in [3.05, 3.63) is 71.8 Å². The molecule has 3 rings (SSSR count). The molecular formula is C19H22O2Si. The maximum atomic E-state index is 12.9. The average Bonchev–Trinajstić information content (AvgIpc) is 2.55. The number of rotatable bonds is 3. The first kappa shape index (κ1) is 15.2. The molecule has 2 nitrogen and oxygen atoms in total. The summed E-state index contributed by atoms with van der Waals surface area (Å²) in [4.78, 5) is 12.9. The Morgan fingerprint density at radius 3 is 2.23 bits per heavy atom. The Morgan fingerprint density at radius 2 is 1.59 bits per heavy atom. The number of carbonyl (C=O) groups is 1. The van der Waals surface area contributed by atoms with Gasteiger partial charge in [-0.2, -0.15) is 0 Å². The zero-order chi connectivity index (χ0) is 15.6. The number of hydrogen-bond acceptors (Lipinski definition) is 2. The Hall–Kier alpha value is -1.71. The van der Waals surface area contributed by atoms with Gasteiger partial charge in [0.15, 0.2) is 14.1 Å². The lowest BCUT2D eigenvalue weighted by molar-refractivity contribution is 0.0643. The molecule has 0 radical (unpaired) electrons. The molecule has 22 heavy (non-hydrogen) atoms. The van der Waals surface area contributed by atoms with Crippen molar-refractivity contribution in [1.82, 2.24) is 0 Å². The van der Waals surface area contributed by atoms with Crippen molar-refractivity contribution in [2.24, 2.45) is 5.92 Å². The predicted molar refractivity (Wildman–Crippen MR) is 91.4 cm³/mol. The van der Waals surface area contributed by atoms with Gasteiger partial charge in [-0.05, 0) is 31.1 Å². The van der Waals surface area contributed by atoms with Crippen molar-refractivity contribution < 1.29 is 9.22 Å². The Kier molecular flexibility index (Phi) is 4.27. The summed E-state index contributed by atoms with van der Waals surface area (Å²) in [5.41, 5.74) is 1.91. The van der Waals surface area contributed by atoms with Crippen molar-refractivity contribution in [1.29, 1.82) is 0 Å². The molecule has 0 N–H and O–H groups in total. The van der Waals surface area contributed by atoms with Crippen LogP contribution < -0.4 is 0 Å². The van der Waals surface area contributed by atoms with Gasteiger partial charge in [0.2, 0.25) is 0 Å². The summed E-state index contributed by atoms with van der Waals surface area (Å²) in [5.74, 6) is 0.129. The first-order chi connectivity index (χ1) is 10.6. The highest BCUT2D eigenvalue weighted by Gasteiger charge is 2.41. The van der Waals surface area contributed by atoms with Crippen LogP contribution in [0, 0.1) is 5.92 Å². The number of ketones is 1. The van der Waals surface area contributed by atoms with Crippen molar-refractivity contribution in [3.63, 3.8) is 0 Å². The van der Waals surface area contributed by atoms with Gasteiger partial charge in [-0.15, -0.1) is 0 Å². The first-order valence-electron chi connectivity index (χ1n) is 7.89. The summed E-state index contributed by atoms with van der Waals surface area (Å²) >= 11 is 0. The molecule has 0 amide bonds. The van der Waals surface area contributed by atoms with Gasteiger partial charge < -0.3 is 4.43 Å². The summed E-state index contributed by atoms with van der Waals surface area (Å²) in [7, 11) is -1.68. The van der Waals surface area contributed by atoms with Crippen molar-refractivity contribution in [3.8, 4) is 0 Å². The zero-order valence-electron chi connectivity index (χ0n) is 13.2. The van der Waals surface area contributed by atoms with Crippen molar-refractivity contribution in [2.45, 2.75) is 31.7 Å². The van der Waals surface area contributed by atoms with E-state index in [1.54, 1.807) is 0 Å². The molecular weight excluding hydrogens is 288 g/mol. The molecule has 1 saturated heterocycles. The summed E-state index contributed by atoms with van der Waals surface area (Å²) < 4.78 is 6.43. The topological polar surface area (TPSA) is 26.3 Å². The zero-order valence-corrected chi connectivity index (χ0v) is 14.2. The van der Waals surface area contributed by atoms with E-state index in [2.05, 4.69) is 25.2 Å². The van der Waals surface area contributed by atoms with E-state index in [0.29, 0.717) is 0 Å². The maximum absolute atomic E-state index is 12.9. The van der Waals surface area contributed by atoms with Gasteiger partial charge in [-0.3, -0.25) is 4.79 Å². The minimum Gasteiger partial charge on any atom is -0.410 e. The molecule has 1 fully saturated rings. The van der Waals surface area contributed by atoms with E-state index in [0.717, 1.165) is 23.6 Å². The third-order valence-corrected chi connectivity index (χ3v) is 6.78. The summed E-state index contributed by atoms with van der Waals surface area (Å²) in [6.07, 6.45) is 0.816. The largest absolute Gasteiger partial charge is 0.410 e. The van der Waals surface area contributed by atoms with Crippen LogP contribution in [0.1, 0.15) is 28.4 Å². The Balaban J connectivity index is 1.93. The Morgan fingerprint density at radius 1 is 1.00 bits per heavy atom. The lowest BCUT2D eigenvalue weighted by Crippen LogP contribution is -2.42. The van der Waals surface area contributed by atoms with E-state index in [4.69, 9.17) is 4.43 Å². The SMILES string of the molecule is C[Si]1(C)CCC(C(=O)c2ccccc2)C(c2ccccc2)O1. The highest BCUT2D eigenvalue weighted by atomic mass is 28.4. The quantitative estimate of drug-likeness (QED) is 0.598. The maximum Gasteiger partial charge on any atom is 0.187 e. The molecule has 0 aromatic heterocycles. The number of benzene rings is 2. The van der Waals surface area contributed by atoms with Crippen LogP contribution >= 0.6 is 0 Å². The summed E-state index contributed by atoms with van der Waals surface area (Å²) in [6, 6.07) is 20.8. The fraction of sp³-hybridized carbons (Fsp3) is 0.316. The lowest BCUT2D eigenvalue weighted by atomic mass is 9.86. The molecule has 2 unspecified atom stereocenters. The average molecular weight is 310 g/mol. The molecule has 0 bridgehead atoms. The van der Waals surface area contributed by atoms with E-state index in [1.165, 1.54) is 0 Å².